The lowest BCUT2D eigenvalue weighted by Crippen LogP contribution is -1.98. The van der Waals surface area contributed by atoms with Crippen molar-refractivity contribution < 1.29 is 14.6 Å². The molecule has 0 aliphatic heterocycles. The molecule has 0 heterocycles. The lowest BCUT2D eigenvalue weighted by Gasteiger charge is -2.04. The Morgan fingerprint density at radius 1 is 1.16 bits per heavy atom. The number of halogens is 2. The van der Waals surface area contributed by atoms with Gasteiger partial charge < -0.3 is 15.9 Å². The standard InChI is InChI=1S/C13H10ClFN2O2/c14-13(9-6-8(18)2-3-11(9)16)17-7-1-4-12(19)10(15)5-7/h1-6,18-19H,16H2. The van der Waals surface area contributed by atoms with Crippen LogP contribution in [0.2, 0.25) is 0 Å². The smallest absolute Gasteiger partial charge is 0.166 e. The Balaban J connectivity index is 2.42. The van der Waals surface area contributed by atoms with E-state index in [1.807, 2.05) is 0 Å². The van der Waals surface area contributed by atoms with Crippen LogP contribution in [0.4, 0.5) is 15.8 Å². The fourth-order valence-electron chi connectivity index (χ4n) is 1.46. The summed E-state index contributed by atoms with van der Waals surface area (Å²) in [4.78, 5) is 3.97. The maximum absolute atomic E-state index is 13.1. The second kappa shape index (κ2) is 5.16. The van der Waals surface area contributed by atoms with Crippen LogP contribution in [0, 0.1) is 5.82 Å². The molecule has 98 valence electrons. The maximum Gasteiger partial charge on any atom is 0.166 e. The predicted octanol–water partition coefficient (Wildman–Crippen LogP) is 3.14. The zero-order valence-corrected chi connectivity index (χ0v) is 10.4. The Labute approximate surface area is 113 Å². The van der Waals surface area contributed by atoms with Crippen molar-refractivity contribution in [2.24, 2.45) is 4.99 Å². The molecule has 2 aromatic rings. The highest BCUT2D eigenvalue weighted by Crippen LogP contribution is 2.25. The number of aromatic hydroxyl groups is 2. The summed E-state index contributed by atoms with van der Waals surface area (Å²) >= 11 is 5.98. The van der Waals surface area contributed by atoms with Gasteiger partial charge in [-0.25, -0.2) is 9.38 Å². The monoisotopic (exact) mass is 280 g/mol. The van der Waals surface area contributed by atoms with Gasteiger partial charge in [-0.3, -0.25) is 0 Å². The average Bonchev–Trinajstić information content (AvgIpc) is 2.36. The zero-order chi connectivity index (χ0) is 14.0. The predicted molar refractivity (Wildman–Crippen MR) is 72.6 cm³/mol. The van der Waals surface area contributed by atoms with E-state index < -0.39 is 11.6 Å². The van der Waals surface area contributed by atoms with Crippen molar-refractivity contribution in [3.63, 3.8) is 0 Å². The van der Waals surface area contributed by atoms with Crippen molar-refractivity contribution in [2.45, 2.75) is 0 Å². The summed E-state index contributed by atoms with van der Waals surface area (Å²) in [6.07, 6.45) is 0. The number of hydrogen-bond acceptors (Lipinski definition) is 4. The molecular formula is C13H10ClFN2O2. The first-order chi connectivity index (χ1) is 8.97. The summed E-state index contributed by atoms with van der Waals surface area (Å²) < 4.78 is 13.1. The van der Waals surface area contributed by atoms with Crippen LogP contribution in [-0.4, -0.2) is 15.4 Å². The second-order valence-electron chi connectivity index (χ2n) is 3.81. The highest BCUT2D eigenvalue weighted by Gasteiger charge is 2.07. The molecule has 0 saturated heterocycles. The minimum absolute atomic E-state index is 0.00515. The Morgan fingerprint density at radius 2 is 1.89 bits per heavy atom. The molecular weight excluding hydrogens is 271 g/mol. The molecule has 0 bridgehead atoms. The Morgan fingerprint density at radius 3 is 2.58 bits per heavy atom. The van der Waals surface area contributed by atoms with Crippen molar-refractivity contribution in [1.82, 2.24) is 0 Å². The van der Waals surface area contributed by atoms with Crippen molar-refractivity contribution in [3.05, 3.63) is 47.8 Å². The number of anilines is 1. The topological polar surface area (TPSA) is 78.8 Å². The van der Waals surface area contributed by atoms with Crippen molar-refractivity contribution in [3.8, 4) is 11.5 Å². The normalized spacial score (nSPS) is 11.6. The number of aliphatic imine (C=N–C) groups is 1. The van der Waals surface area contributed by atoms with E-state index in [2.05, 4.69) is 4.99 Å². The van der Waals surface area contributed by atoms with Crippen LogP contribution in [0.15, 0.2) is 41.4 Å². The number of nitrogens with zero attached hydrogens (tertiary/aromatic N) is 1. The van der Waals surface area contributed by atoms with Gasteiger partial charge >= 0.3 is 0 Å². The summed E-state index contributed by atoms with van der Waals surface area (Å²) in [5.74, 6) is -1.27. The van der Waals surface area contributed by atoms with Crippen LogP contribution < -0.4 is 5.73 Å². The molecule has 0 atom stereocenters. The van der Waals surface area contributed by atoms with E-state index >= 15 is 0 Å². The number of rotatable bonds is 2. The molecule has 19 heavy (non-hydrogen) atoms. The Kier molecular flexibility index (Phi) is 3.57. The SMILES string of the molecule is Nc1ccc(O)cc1C(Cl)=Nc1ccc(O)c(F)c1. The minimum atomic E-state index is -0.797. The third-order valence-electron chi connectivity index (χ3n) is 2.42. The third kappa shape index (κ3) is 2.95. The van der Waals surface area contributed by atoms with Crippen LogP contribution in [0.1, 0.15) is 5.56 Å². The van der Waals surface area contributed by atoms with Gasteiger partial charge in [0.2, 0.25) is 0 Å². The number of nitrogen functional groups attached to an aromatic ring is 1. The van der Waals surface area contributed by atoms with Gasteiger partial charge in [-0.05, 0) is 30.3 Å². The summed E-state index contributed by atoms with van der Waals surface area (Å²) in [5, 5.41) is 18.4. The number of nitrogens with two attached hydrogens (primary N) is 1. The van der Waals surface area contributed by atoms with E-state index in [0.29, 0.717) is 11.3 Å². The van der Waals surface area contributed by atoms with E-state index in [9.17, 15) is 9.50 Å². The van der Waals surface area contributed by atoms with Crippen molar-refractivity contribution in [1.29, 1.82) is 0 Å². The minimum Gasteiger partial charge on any atom is -0.508 e. The Bertz CT molecular complexity index is 659. The molecule has 0 spiro atoms. The molecule has 2 aromatic carbocycles. The first kappa shape index (κ1) is 13.2. The number of phenols is 2. The molecule has 0 unspecified atom stereocenters. The second-order valence-corrected chi connectivity index (χ2v) is 4.17. The van der Waals surface area contributed by atoms with E-state index in [-0.39, 0.29) is 16.6 Å². The molecule has 4 nitrogen and oxygen atoms in total. The van der Waals surface area contributed by atoms with Crippen molar-refractivity contribution in [2.75, 3.05) is 5.73 Å². The molecule has 2 rings (SSSR count). The van der Waals surface area contributed by atoms with E-state index in [1.54, 1.807) is 0 Å². The molecule has 0 saturated carbocycles. The average molecular weight is 281 g/mol. The summed E-state index contributed by atoms with van der Waals surface area (Å²) in [7, 11) is 0. The Hall–Kier alpha value is -2.27. The van der Waals surface area contributed by atoms with Gasteiger partial charge in [0.15, 0.2) is 11.6 Å². The first-order valence-corrected chi connectivity index (χ1v) is 5.67. The molecule has 0 radical (unpaired) electrons. The van der Waals surface area contributed by atoms with Crippen LogP contribution in [-0.2, 0) is 0 Å². The number of benzene rings is 2. The molecule has 0 aliphatic carbocycles. The van der Waals surface area contributed by atoms with Gasteiger partial charge in [0.1, 0.15) is 10.9 Å². The molecule has 6 heteroatoms. The lowest BCUT2D eigenvalue weighted by molar-refractivity contribution is 0.432. The maximum atomic E-state index is 13.1. The third-order valence-corrected chi connectivity index (χ3v) is 2.71. The van der Waals surface area contributed by atoms with Crippen LogP contribution in [0.5, 0.6) is 11.5 Å². The van der Waals surface area contributed by atoms with Crippen LogP contribution in [0.3, 0.4) is 0 Å². The largest absolute Gasteiger partial charge is 0.508 e. The molecule has 0 aromatic heterocycles. The van der Waals surface area contributed by atoms with E-state index in [1.165, 1.54) is 30.3 Å². The molecule has 0 aliphatic rings. The van der Waals surface area contributed by atoms with Crippen molar-refractivity contribution >= 4 is 28.1 Å². The number of hydrogen-bond donors (Lipinski definition) is 3. The summed E-state index contributed by atoms with van der Waals surface area (Å²) in [6.45, 7) is 0. The van der Waals surface area contributed by atoms with Gasteiger partial charge in [-0.2, -0.15) is 0 Å². The quantitative estimate of drug-likeness (QED) is 0.449. The zero-order valence-electron chi connectivity index (χ0n) is 9.64. The number of phenolic OH excluding ortho intramolecular Hbond substituents is 2. The highest BCUT2D eigenvalue weighted by atomic mass is 35.5. The van der Waals surface area contributed by atoms with Crippen LogP contribution in [0.25, 0.3) is 0 Å². The first-order valence-electron chi connectivity index (χ1n) is 5.29. The summed E-state index contributed by atoms with van der Waals surface area (Å²) in [6, 6.07) is 7.88. The van der Waals surface area contributed by atoms with Gasteiger partial charge in [0.25, 0.3) is 0 Å². The van der Waals surface area contributed by atoms with Crippen LogP contribution >= 0.6 is 11.6 Å². The van der Waals surface area contributed by atoms with Gasteiger partial charge in [0, 0.05) is 17.3 Å². The lowest BCUT2D eigenvalue weighted by atomic mass is 10.2. The summed E-state index contributed by atoms with van der Waals surface area (Å²) in [5.41, 5.74) is 6.61. The van der Waals surface area contributed by atoms with Gasteiger partial charge in [-0.15, -0.1) is 0 Å². The fourth-order valence-corrected chi connectivity index (χ4v) is 1.72. The molecule has 4 N–H and O–H groups in total. The van der Waals surface area contributed by atoms with E-state index in [4.69, 9.17) is 22.4 Å². The van der Waals surface area contributed by atoms with Gasteiger partial charge in [0.05, 0.1) is 5.69 Å². The molecule has 0 amide bonds. The highest BCUT2D eigenvalue weighted by molar-refractivity contribution is 6.70. The van der Waals surface area contributed by atoms with Gasteiger partial charge in [-0.1, -0.05) is 11.6 Å². The fraction of sp³-hybridized carbons (Fsp3) is 0. The van der Waals surface area contributed by atoms with E-state index in [0.717, 1.165) is 6.07 Å². The molecule has 0 fully saturated rings.